The molecule has 1 amide bonds. The Morgan fingerprint density at radius 3 is 2.95 bits per heavy atom. The van der Waals surface area contributed by atoms with Gasteiger partial charge in [0.1, 0.15) is 12.1 Å². The van der Waals surface area contributed by atoms with Crippen molar-refractivity contribution in [3.05, 3.63) is 18.0 Å². The molecule has 2 N–H and O–H groups in total. The van der Waals surface area contributed by atoms with Gasteiger partial charge >= 0.3 is 5.97 Å². The first kappa shape index (κ1) is 16.5. The third-order valence-corrected chi connectivity index (χ3v) is 4.04. The average Bonchev–Trinajstić information content (AvgIpc) is 3.10. The number of amides is 1. The Bertz CT molecular complexity index is 529. The largest absolute Gasteiger partial charge is 0.480 e. The number of ether oxygens (including phenoxy) is 1. The van der Waals surface area contributed by atoms with Crippen molar-refractivity contribution in [2.24, 2.45) is 13.0 Å². The van der Waals surface area contributed by atoms with Crippen molar-refractivity contribution in [2.45, 2.75) is 44.8 Å². The second-order valence-corrected chi connectivity index (χ2v) is 5.61. The fourth-order valence-electron chi connectivity index (χ4n) is 2.76. The molecule has 1 aromatic heterocycles. The summed E-state index contributed by atoms with van der Waals surface area (Å²) < 4.78 is 7.35. The number of hydrogen-bond acceptors (Lipinski definition) is 4. The van der Waals surface area contributed by atoms with E-state index in [1.165, 1.54) is 0 Å². The topological polar surface area (TPSA) is 93.5 Å². The van der Waals surface area contributed by atoms with Gasteiger partial charge in [-0.05, 0) is 18.9 Å². The van der Waals surface area contributed by atoms with Crippen LogP contribution in [-0.2, 0) is 21.4 Å². The molecule has 0 saturated carbocycles. The molecule has 1 saturated heterocycles. The van der Waals surface area contributed by atoms with E-state index in [0.29, 0.717) is 19.4 Å². The van der Waals surface area contributed by atoms with Crippen molar-refractivity contribution < 1.29 is 19.4 Å². The average molecular weight is 309 g/mol. The lowest BCUT2D eigenvalue weighted by Gasteiger charge is -2.21. The molecule has 1 fully saturated rings. The van der Waals surface area contributed by atoms with Crippen LogP contribution < -0.4 is 5.32 Å². The highest BCUT2D eigenvalue weighted by molar-refractivity contribution is 5.85. The molecule has 0 bridgehead atoms. The smallest absolute Gasteiger partial charge is 0.326 e. The van der Waals surface area contributed by atoms with Crippen molar-refractivity contribution in [1.82, 2.24) is 15.1 Å². The summed E-state index contributed by atoms with van der Waals surface area (Å²) >= 11 is 0. The maximum atomic E-state index is 12.5. The number of nitrogens with one attached hydrogen (secondary N) is 1. The van der Waals surface area contributed by atoms with E-state index in [9.17, 15) is 14.7 Å². The van der Waals surface area contributed by atoms with E-state index in [0.717, 1.165) is 18.5 Å². The highest BCUT2D eigenvalue weighted by Crippen LogP contribution is 2.34. The van der Waals surface area contributed by atoms with Gasteiger partial charge in [0.05, 0.1) is 11.6 Å². The molecular formula is C15H23N3O4. The van der Waals surface area contributed by atoms with Crippen molar-refractivity contribution >= 4 is 11.9 Å². The fraction of sp³-hybridized carbons (Fsp3) is 0.667. The van der Waals surface area contributed by atoms with Crippen LogP contribution in [0.4, 0.5) is 0 Å². The zero-order chi connectivity index (χ0) is 16.1. The van der Waals surface area contributed by atoms with Gasteiger partial charge in [-0.25, -0.2) is 4.79 Å². The van der Waals surface area contributed by atoms with Crippen molar-refractivity contribution in [2.75, 3.05) is 6.61 Å². The van der Waals surface area contributed by atoms with Gasteiger partial charge in [0.25, 0.3) is 0 Å². The van der Waals surface area contributed by atoms with Crippen LogP contribution in [0.2, 0.25) is 0 Å². The van der Waals surface area contributed by atoms with E-state index in [-0.39, 0.29) is 17.9 Å². The highest BCUT2D eigenvalue weighted by Gasteiger charge is 2.38. The van der Waals surface area contributed by atoms with Crippen molar-refractivity contribution in [3.8, 4) is 0 Å². The fourth-order valence-corrected chi connectivity index (χ4v) is 2.76. The zero-order valence-electron chi connectivity index (χ0n) is 13.0. The predicted octanol–water partition coefficient (Wildman–Crippen LogP) is 1.26. The number of aliphatic carboxylic acids is 1. The first-order valence-corrected chi connectivity index (χ1v) is 7.67. The summed E-state index contributed by atoms with van der Waals surface area (Å²) in [5.74, 6) is -1.62. The van der Waals surface area contributed by atoms with Gasteiger partial charge in [-0.1, -0.05) is 19.8 Å². The van der Waals surface area contributed by atoms with Gasteiger partial charge in [0.2, 0.25) is 5.91 Å². The number of carboxylic acids is 1. The van der Waals surface area contributed by atoms with Crippen LogP contribution in [0.25, 0.3) is 0 Å². The summed E-state index contributed by atoms with van der Waals surface area (Å²) in [6.07, 6.45) is 3.98. The van der Waals surface area contributed by atoms with Gasteiger partial charge in [0, 0.05) is 19.9 Å². The summed E-state index contributed by atoms with van der Waals surface area (Å²) in [5, 5.41) is 16.0. The molecule has 1 aromatic rings. The number of rotatable bonds is 7. The van der Waals surface area contributed by atoms with Gasteiger partial charge in [-0.3, -0.25) is 9.48 Å². The lowest BCUT2D eigenvalue weighted by atomic mass is 9.97. The van der Waals surface area contributed by atoms with E-state index >= 15 is 0 Å². The SMILES string of the molecule is CCCCC(NC(=O)[C@@H]1CCO[C@H]1c1ccnn1C)C(=O)O. The van der Waals surface area contributed by atoms with Crippen molar-refractivity contribution in [3.63, 3.8) is 0 Å². The number of unbranched alkanes of at least 4 members (excludes halogenated alkanes) is 1. The molecule has 2 rings (SSSR count). The molecule has 0 aromatic carbocycles. The van der Waals surface area contributed by atoms with Crippen molar-refractivity contribution in [1.29, 1.82) is 0 Å². The van der Waals surface area contributed by atoms with E-state index in [2.05, 4.69) is 10.4 Å². The Labute approximate surface area is 129 Å². The monoisotopic (exact) mass is 309 g/mol. The minimum absolute atomic E-state index is 0.257. The van der Waals surface area contributed by atoms with E-state index in [1.54, 1.807) is 17.9 Å². The number of carboxylic acid groups (broad SMARTS) is 1. The van der Waals surface area contributed by atoms with Crippen LogP contribution in [-0.4, -0.2) is 39.4 Å². The number of carbonyl (C=O) groups excluding carboxylic acids is 1. The lowest BCUT2D eigenvalue weighted by molar-refractivity contribution is -0.143. The molecule has 7 nitrogen and oxygen atoms in total. The number of nitrogens with zero attached hydrogens (tertiary/aromatic N) is 2. The summed E-state index contributed by atoms with van der Waals surface area (Å²) in [6, 6.07) is 0.988. The molecule has 122 valence electrons. The Hall–Kier alpha value is -1.89. The molecule has 0 spiro atoms. The summed E-state index contributed by atoms with van der Waals surface area (Å²) in [5.41, 5.74) is 0.832. The third-order valence-electron chi connectivity index (χ3n) is 4.04. The second-order valence-electron chi connectivity index (χ2n) is 5.61. The van der Waals surface area contributed by atoms with Crippen LogP contribution in [0.15, 0.2) is 12.3 Å². The third kappa shape index (κ3) is 3.65. The van der Waals surface area contributed by atoms with Crippen LogP contribution >= 0.6 is 0 Å². The Morgan fingerprint density at radius 2 is 2.36 bits per heavy atom. The summed E-state index contributed by atoms with van der Waals surface area (Å²) in [7, 11) is 1.80. The Morgan fingerprint density at radius 1 is 1.59 bits per heavy atom. The zero-order valence-corrected chi connectivity index (χ0v) is 13.0. The van der Waals surface area contributed by atoms with Gasteiger partial charge in [0.15, 0.2) is 0 Å². The molecule has 1 unspecified atom stereocenters. The minimum Gasteiger partial charge on any atom is -0.480 e. The van der Waals surface area contributed by atoms with Crippen LogP contribution in [0.5, 0.6) is 0 Å². The van der Waals surface area contributed by atoms with Crippen LogP contribution in [0, 0.1) is 5.92 Å². The van der Waals surface area contributed by atoms with E-state index in [4.69, 9.17) is 4.74 Å². The van der Waals surface area contributed by atoms with E-state index < -0.39 is 12.0 Å². The maximum absolute atomic E-state index is 12.5. The van der Waals surface area contributed by atoms with Crippen LogP contribution in [0.1, 0.15) is 44.4 Å². The number of aryl methyl sites for hydroxylation is 1. The summed E-state index contributed by atoms with van der Waals surface area (Å²) in [6.45, 7) is 2.48. The van der Waals surface area contributed by atoms with Gasteiger partial charge < -0.3 is 15.2 Å². The quantitative estimate of drug-likeness (QED) is 0.791. The first-order chi connectivity index (χ1) is 10.5. The van der Waals surface area contributed by atoms with Gasteiger partial charge in [-0.15, -0.1) is 0 Å². The number of hydrogen-bond donors (Lipinski definition) is 2. The standard InChI is InChI=1S/C15H23N3O4/c1-3-4-5-11(15(20)21)17-14(19)10-7-9-22-13(10)12-6-8-16-18(12)2/h6,8,10-11,13H,3-5,7,9H2,1-2H3,(H,17,19)(H,20,21)/t10-,11?,13-/m1/s1. The lowest BCUT2D eigenvalue weighted by Crippen LogP contribution is -2.44. The molecule has 1 aliphatic rings. The number of carbonyl (C=O) groups is 2. The molecule has 3 atom stereocenters. The highest BCUT2D eigenvalue weighted by atomic mass is 16.5. The Kier molecular flexibility index (Phi) is 5.54. The molecule has 0 radical (unpaired) electrons. The number of aromatic nitrogens is 2. The molecule has 7 heteroatoms. The van der Waals surface area contributed by atoms with Gasteiger partial charge in [-0.2, -0.15) is 5.10 Å². The normalized spacial score (nSPS) is 22.5. The molecule has 2 heterocycles. The summed E-state index contributed by atoms with van der Waals surface area (Å²) in [4.78, 5) is 23.7. The molecular weight excluding hydrogens is 286 g/mol. The van der Waals surface area contributed by atoms with E-state index in [1.807, 2.05) is 13.0 Å². The maximum Gasteiger partial charge on any atom is 0.326 e. The van der Waals surface area contributed by atoms with Crippen LogP contribution in [0.3, 0.4) is 0 Å². The first-order valence-electron chi connectivity index (χ1n) is 7.67. The minimum atomic E-state index is -0.988. The molecule has 0 aliphatic carbocycles. The molecule has 22 heavy (non-hydrogen) atoms. The Balaban J connectivity index is 2.04. The predicted molar refractivity (Wildman–Crippen MR) is 79.1 cm³/mol. The molecule has 1 aliphatic heterocycles. The second kappa shape index (κ2) is 7.40.